The molecule has 2 aromatic heterocycles. The van der Waals surface area contributed by atoms with Crippen molar-refractivity contribution < 1.29 is 0 Å². The normalized spacial score (nSPS) is 10.5. The highest BCUT2D eigenvalue weighted by atomic mass is 35.5. The number of nitrogens with zero attached hydrogens (tertiary/aromatic N) is 4. The summed E-state index contributed by atoms with van der Waals surface area (Å²) in [4.78, 5) is 11.1. The van der Waals surface area contributed by atoms with Gasteiger partial charge in [0.05, 0.1) is 5.69 Å². The van der Waals surface area contributed by atoms with Crippen molar-refractivity contribution in [2.75, 3.05) is 24.7 Å². The van der Waals surface area contributed by atoms with Gasteiger partial charge < -0.3 is 10.6 Å². The molecular formula is C25H20ClN5. The molecule has 2 heterocycles. The molecule has 152 valence electrons. The Morgan fingerprint density at radius 1 is 0.903 bits per heavy atom. The number of pyridine rings is 2. The lowest BCUT2D eigenvalue weighted by atomic mass is 9.88. The predicted molar refractivity (Wildman–Crippen MR) is 127 cm³/mol. The second kappa shape index (κ2) is 8.47. The van der Waals surface area contributed by atoms with Gasteiger partial charge in [0.25, 0.3) is 0 Å². The molecule has 4 rings (SSSR count). The number of nitrogen functional groups attached to an aromatic ring is 1. The minimum Gasteiger partial charge on any atom is -0.383 e. The van der Waals surface area contributed by atoms with Crippen molar-refractivity contribution >= 4 is 23.2 Å². The Bertz CT molecular complexity index is 1280. The Hall–Kier alpha value is -3.88. The molecular weight excluding hydrogens is 406 g/mol. The van der Waals surface area contributed by atoms with Gasteiger partial charge in [-0.15, -0.1) is 0 Å². The van der Waals surface area contributed by atoms with Crippen LogP contribution in [-0.2, 0) is 0 Å². The highest BCUT2D eigenvalue weighted by Crippen LogP contribution is 2.43. The topological polar surface area (TPSA) is 78.8 Å². The van der Waals surface area contributed by atoms with Crippen LogP contribution in [0, 0.1) is 11.3 Å². The number of nitriles is 1. The molecule has 4 aromatic rings. The molecule has 0 radical (unpaired) electrons. The standard InChI is InChI=1S/C25H20ClN5/c1-31(2)21-12-11-18(15-29-21)24-23(16-7-4-3-5-8-16)22(20(14-27)25(28)30-24)17-9-6-10-19(26)13-17/h3-13,15H,1-2H3,(H2,28,30). The number of halogens is 1. The summed E-state index contributed by atoms with van der Waals surface area (Å²) in [7, 11) is 3.87. The Balaban J connectivity index is 2.10. The second-order valence-corrected chi connectivity index (χ2v) is 7.69. The Labute approximate surface area is 186 Å². The summed E-state index contributed by atoms with van der Waals surface area (Å²) in [5, 5.41) is 10.5. The lowest BCUT2D eigenvalue weighted by molar-refractivity contribution is 1.07. The highest BCUT2D eigenvalue weighted by molar-refractivity contribution is 6.30. The third kappa shape index (κ3) is 3.94. The van der Waals surface area contributed by atoms with Gasteiger partial charge in [-0.25, -0.2) is 9.97 Å². The van der Waals surface area contributed by atoms with E-state index < -0.39 is 0 Å². The van der Waals surface area contributed by atoms with Gasteiger partial charge in [0, 0.05) is 42.0 Å². The fourth-order valence-electron chi connectivity index (χ4n) is 3.54. The Kier molecular flexibility index (Phi) is 5.57. The maximum absolute atomic E-state index is 9.94. The summed E-state index contributed by atoms with van der Waals surface area (Å²) < 4.78 is 0. The van der Waals surface area contributed by atoms with E-state index in [1.54, 1.807) is 12.3 Å². The van der Waals surface area contributed by atoms with Crippen LogP contribution in [0.3, 0.4) is 0 Å². The van der Waals surface area contributed by atoms with Gasteiger partial charge in [0.1, 0.15) is 23.3 Å². The first-order chi connectivity index (χ1) is 15.0. The SMILES string of the molecule is CN(C)c1ccc(-c2nc(N)c(C#N)c(-c3cccc(Cl)c3)c2-c2ccccc2)cn1. The van der Waals surface area contributed by atoms with Gasteiger partial charge in [-0.2, -0.15) is 5.26 Å². The third-order valence-electron chi connectivity index (χ3n) is 4.99. The first kappa shape index (κ1) is 20.4. The van der Waals surface area contributed by atoms with Crippen LogP contribution in [0.1, 0.15) is 5.56 Å². The summed E-state index contributed by atoms with van der Waals surface area (Å²) in [6.07, 6.45) is 1.78. The van der Waals surface area contributed by atoms with E-state index in [-0.39, 0.29) is 5.82 Å². The van der Waals surface area contributed by atoms with E-state index in [0.29, 0.717) is 21.8 Å². The minimum absolute atomic E-state index is 0.170. The second-order valence-electron chi connectivity index (χ2n) is 7.26. The molecule has 31 heavy (non-hydrogen) atoms. The number of hydrogen-bond donors (Lipinski definition) is 1. The average Bonchev–Trinajstić information content (AvgIpc) is 2.79. The monoisotopic (exact) mass is 425 g/mol. The smallest absolute Gasteiger partial charge is 0.142 e. The van der Waals surface area contributed by atoms with Crippen molar-refractivity contribution in [3.8, 4) is 39.6 Å². The summed E-state index contributed by atoms with van der Waals surface area (Å²) in [5.41, 5.74) is 11.3. The quantitative estimate of drug-likeness (QED) is 0.457. The van der Waals surface area contributed by atoms with E-state index in [2.05, 4.69) is 16.0 Å². The van der Waals surface area contributed by atoms with Crippen LogP contribution >= 0.6 is 11.6 Å². The number of anilines is 2. The van der Waals surface area contributed by atoms with Crippen LogP contribution in [0.2, 0.25) is 5.02 Å². The zero-order valence-electron chi connectivity index (χ0n) is 17.2. The number of hydrogen-bond acceptors (Lipinski definition) is 5. The van der Waals surface area contributed by atoms with Crippen LogP contribution in [0.25, 0.3) is 33.5 Å². The molecule has 0 aliphatic heterocycles. The maximum Gasteiger partial charge on any atom is 0.142 e. The first-order valence-corrected chi connectivity index (χ1v) is 10.1. The average molecular weight is 426 g/mol. The fourth-order valence-corrected chi connectivity index (χ4v) is 3.73. The van der Waals surface area contributed by atoms with E-state index in [0.717, 1.165) is 28.1 Å². The molecule has 2 N–H and O–H groups in total. The van der Waals surface area contributed by atoms with E-state index in [9.17, 15) is 5.26 Å². The van der Waals surface area contributed by atoms with E-state index >= 15 is 0 Å². The van der Waals surface area contributed by atoms with E-state index in [1.807, 2.05) is 79.7 Å². The zero-order chi connectivity index (χ0) is 22.0. The molecule has 2 aromatic carbocycles. The molecule has 0 atom stereocenters. The van der Waals surface area contributed by atoms with E-state index in [1.165, 1.54) is 0 Å². The molecule has 0 bridgehead atoms. The molecule has 5 nitrogen and oxygen atoms in total. The first-order valence-electron chi connectivity index (χ1n) is 9.68. The van der Waals surface area contributed by atoms with Gasteiger partial charge in [-0.3, -0.25) is 0 Å². The Morgan fingerprint density at radius 2 is 1.65 bits per heavy atom. The van der Waals surface area contributed by atoms with Crippen molar-refractivity contribution in [2.24, 2.45) is 0 Å². The molecule has 6 heteroatoms. The van der Waals surface area contributed by atoms with Crippen molar-refractivity contribution in [2.45, 2.75) is 0 Å². The van der Waals surface area contributed by atoms with Crippen molar-refractivity contribution in [1.82, 2.24) is 9.97 Å². The minimum atomic E-state index is 0.170. The molecule has 0 amide bonds. The summed E-state index contributed by atoms with van der Waals surface area (Å²) in [6, 6.07) is 23.4. The van der Waals surface area contributed by atoms with Gasteiger partial charge in [0.2, 0.25) is 0 Å². The van der Waals surface area contributed by atoms with Crippen LogP contribution in [0.15, 0.2) is 72.9 Å². The van der Waals surface area contributed by atoms with Gasteiger partial charge >= 0.3 is 0 Å². The van der Waals surface area contributed by atoms with Gasteiger partial charge in [-0.05, 0) is 35.4 Å². The van der Waals surface area contributed by atoms with Crippen LogP contribution in [0.5, 0.6) is 0 Å². The number of aromatic nitrogens is 2. The molecule has 0 spiro atoms. The number of benzene rings is 2. The van der Waals surface area contributed by atoms with Crippen LogP contribution < -0.4 is 10.6 Å². The summed E-state index contributed by atoms with van der Waals surface area (Å²) >= 11 is 6.29. The lowest BCUT2D eigenvalue weighted by Gasteiger charge is -2.19. The summed E-state index contributed by atoms with van der Waals surface area (Å²) in [5.74, 6) is 1.01. The van der Waals surface area contributed by atoms with Crippen molar-refractivity contribution in [3.05, 3.63) is 83.5 Å². The van der Waals surface area contributed by atoms with Gasteiger partial charge in [-0.1, -0.05) is 54.1 Å². The van der Waals surface area contributed by atoms with Crippen LogP contribution in [0.4, 0.5) is 11.6 Å². The number of nitrogens with two attached hydrogens (primary N) is 1. The summed E-state index contributed by atoms with van der Waals surface area (Å²) in [6.45, 7) is 0. The van der Waals surface area contributed by atoms with E-state index in [4.69, 9.17) is 17.3 Å². The molecule has 0 aliphatic rings. The van der Waals surface area contributed by atoms with Crippen molar-refractivity contribution in [1.29, 1.82) is 5.26 Å². The van der Waals surface area contributed by atoms with Crippen LogP contribution in [-0.4, -0.2) is 24.1 Å². The molecule has 0 fully saturated rings. The largest absolute Gasteiger partial charge is 0.383 e. The molecule has 0 saturated carbocycles. The maximum atomic E-state index is 9.94. The molecule has 0 aliphatic carbocycles. The molecule has 0 unspecified atom stereocenters. The Morgan fingerprint density at radius 3 is 2.26 bits per heavy atom. The van der Waals surface area contributed by atoms with Gasteiger partial charge in [0.15, 0.2) is 0 Å². The fraction of sp³-hybridized carbons (Fsp3) is 0.0800. The molecule has 0 saturated heterocycles. The third-order valence-corrected chi connectivity index (χ3v) is 5.23. The predicted octanol–water partition coefficient (Wildman–Crippen LogP) is 5.65. The number of rotatable bonds is 4. The highest BCUT2D eigenvalue weighted by Gasteiger charge is 2.22. The lowest BCUT2D eigenvalue weighted by Crippen LogP contribution is -2.10. The zero-order valence-corrected chi connectivity index (χ0v) is 17.9. The van der Waals surface area contributed by atoms with Crippen molar-refractivity contribution in [3.63, 3.8) is 0 Å².